The van der Waals surface area contributed by atoms with Crippen molar-refractivity contribution in [3.63, 3.8) is 0 Å². The van der Waals surface area contributed by atoms with Crippen LogP contribution in [0.4, 0.5) is 4.79 Å². The summed E-state index contributed by atoms with van der Waals surface area (Å²) < 4.78 is 0. The summed E-state index contributed by atoms with van der Waals surface area (Å²) in [5, 5.41) is 14.8. The molecule has 2 aliphatic heterocycles. The van der Waals surface area contributed by atoms with Crippen molar-refractivity contribution in [1.82, 2.24) is 15.5 Å². The van der Waals surface area contributed by atoms with Gasteiger partial charge in [0.1, 0.15) is 0 Å². The van der Waals surface area contributed by atoms with Gasteiger partial charge in [-0.3, -0.25) is 4.90 Å². The summed E-state index contributed by atoms with van der Waals surface area (Å²) in [5.41, 5.74) is 0. The molecule has 2 fully saturated rings. The van der Waals surface area contributed by atoms with Crippen LogP contribution in [-0.4, -0.2) is 53.9 Å². The summed E-state index contributed by atoms with van der Waals surface area (Å²) in [7, 11) is 0. The van der Waals surface area contributed by atoms with Gasteiger partial charge in [-0.25, -0.2) is 4.79 Å². The highest BCUT2D eigenvalue weighted by Gasteiger charge is 2.36. The van der Waals surface area contributed by atoms with Crippen molar-refractivity contribution in [2.45, 2.75) is 57.2 Å². The minimum atomic E-state index is -0.0895. The Labute approximate surface area is 109 Å². The number of nitrogens with zero attached hydrogens (tertiary/aromatic N) is 1. The summed E-state index contributed by atoms with van der Waals surface area (Å²) in [6.07, 6.45) is 5.45. The predicted octanol–water partition coefficient (Wildman–Crippen LogP) is 0.683. The lowest BCUT2D eigenvalue weighted by molar-refractivity contribution is 0.178. The van der Waals surface area contributed by atoms with E-state index in [0.29, 0.717) is 18.5 Å². The number of carbonyl (C=O) groups excluding carboxylic acids is 1. The number of piperidine rings is 1. The van der Waals surface area contributed by atoms with Crippen LogP contribution in [0.1, 0.15) is 39.0 Å². The van der Waals surface area contributed by atoms with Gasteiger partial charge in [0.2, 0.25) is 0 Å². The standard InChI is InChI=1S/C13H25N3O2/c1-10(6-9-17)14-13(18)15-11-5-8-16-7-3-2-4-12(11)16/h10-12,17H,2-9H2,1H3,(H2,14,15,18)/t10-,11?,12?/m1/s1. The molecule has 5 heteroatoms. The molecular weight excluding hydrogens is 230 g/mol. The van der Waals surface area contributed by atoms with E-state index in [2.05, 4.69) is 15.5 Å². The van der Waals surface area contributed by atoms with Crippen LogP contribution in [0.2, 0.25) is 0 Å². The molecule has 2 amide bonds. The second-order valence-electron chi connectivity index (χ2n) is 5.53. The van der Waals surface area contributed by atoms with Crippen LogP contribution in [-0.2, 0) is 0 Å². The molecule has 0 radical (unpaired) electrons. The van der Waals surface area contributed by atoms with Gasteiger partial charge in [-0.1, -0.05) is 6.42 Å². The van der Waals surface area contributed by atoms with Gasteiger partial charge < -0.3 is 15.7 Å². The number of carbonyl (C=O) groups is 1. The van der Waals surface area contributed by atoms with Gasteiger partial charge in [0.05, 0.1) is 0 Å². The van der Waals surface area contributed by atoms with E-state index in [-0.39, 0.29) is 18.7 Å². The second kappa shape index (κ2) is 6.38. The minimum absolute atomic E-state index is 0.0267. The van der Waals surface area contributed by atoms with Gasteiger partial charge in [-0.15, -0.1) is 0 Å². The van der Waals surface area contributed by atoms with Crippen molar-refractivity contribution in [1.29, 1.82) is 0 Å². The van der Waals surface area contributed by atoms with Crippen LogP contribution in [0.25, 0.3) is 0 Å². The molecule has 2 aliphatic rings. The van der Waals surface area contributed by atoms with Crippen LogP contribution in [0.5, 0.6) is 0 Å². The fourth-order valence-electron chi connectivity index (χ4n) is 3.12. The molecule has 104 valence electrons. The number of hydrogen-bond acceptors (Lipinski definition) is 3. The van der Waals surface area contributed by atoms with Crippen molar-refractivity contribution < 1.29 is 9.90 Å². The molecule has 0 bridgehead atoms. The molecule has 2 unspecified atom stereocenters. The highest BCUT2D eigenvalue weighted by Crippen LogP contribution is 2.26. The van der Waals surface area contributed by atoms with E-state index >= 15 is 0 Å². The molecule has 0 aromatic heterocycles. The Hall–Kier alpha value is -0.810. The number of hydrogen-bond donors (Lipinski definition) is 3. The first-order chi connectivity index (χ1) is 8.70. The summed E-state index contributed by atoms with van der Waals surface area (Å²) in [6, 6.07) is 0.775. The van der Waals surface area contributed by atoms with Gasteiger partial charge in [0, 0.05) is 31.3 Å². The zero-order chi connectivity index (χ0) is 13.0. The molecule has 2 rings (SSSR count). The summed E-state index contributed by atoms with van der Waals surface area (Å²) in [5.74, 6) is 0. The van der Waals surface area contributed by atoms with Crippen LogP contribution in [0.3, 0.4) is 0 Å². The van der Waals surface area contributed by atoms with Crippen molar-refractivity contribution in [3.05, 3.63) is 0 Å². The number of fused-ring (bicyclic) bond motifs is 1. The molecule has 0 spiro atoms. The average Bonchev–Trinajstić information content (AvgIpc) is 2.73. The van der Waals surface area contributed by atoms with Gasteiger partial charge in [-0.05, 0) is 39.2 Å². The Morgan fingerprint density at radius 1 is 1.39 bits per heavy atom. The van der Waals surface area contributed by atoms with Crippen molar-refractivity contribution >= 4 is 6.03 Å². The van der Waals surface area contributed by atoms with E-state index in [4.69, 9.17) is 5.11 Å². The Balaban J connectivity index is 1.77. The lowest BCUT2D eigenvalue weighted by Gasteiger charge is -2.32. The number of urea groups is 1. The molecule has 0 aliphatic carbocycles. The number of amides is 2. The van der Waals surface area contributed by atoms with Gasteiger partial charge >= 0.3 is 6.03 Å². The molecular formula is C13H25N3O2. The molecule has 0 aromatic rings. The SMILES string of the molecule is C[C@H](CCO)NC(=O)NC1CCN2CCCCC12. The molecule has 18 heavy (non-hydrogen) atoms. The number of aliphatic hydroxyl groups is 1. The zero-order valence-electron chi connectivity index (χ0n) is 11.2. The van der Waals surface area contributed by atoms with E-state index in [0.717, 1.165) is 13.0 Å². The molecule has 3 N–H and O–H groups in total. The zero-order valence-corrected chi connectivity index (χ0v) is 11.2. The topological polar surface area (TPSA) is 64.6 Å². The lowest BCUT2D eigenvalue weighted by atomic mass is 9.99. The fourth-order valence-corrected chi connectivity index (χ4v) is 3.12. The molecule has 2 heterocycles. The summed E-state index contributed by atoms with van der Waals surface area (Å²) in [4.78, 5) is 14.3. The molecule has 0 saturated carbocycles. The van der Waals surface area contributed by atoms with Crippen LogP contribution in [0.15, 0.2) is 0 Å². The lowest BCUT2D eigenvalue weighted by Crippen LogP contribution is -2.51. The van der Waals surface area contributed by atoms with Crippen LogP contribution in [0, 0.1) is 0 Å². The maximum atomic E-state index is 11.8. The van der Waals surface area contributed by atoms with E-state index in [1.807, 2.05) is 6.92 Å². The Morgan fingerprint density at radius 3 is 3.00 bits per heavy atom. The Kier molecular flexibility index (Phi) is 4.83. The quantitative estimate of drug-likeness (QED) is 0.692. The third-order valence-electron chi connectivity index (χ3n) is 4.11. The fraction of sp³-hybridized carbons (Fsp3) is 0.923. The van der Waals surface area contributed by atoms with E-state index in [1.165, 1.54) is 25.8 Å². The number of rotatable bonds is 4. The van der Waals surface area contributed by atoms with E-state index < -0.39 is 0 Å². The van der Waals surface area contributed by atoms with E-state index in [9.17, 15) is 4.79 Å². The third kappa shape index (κ3) is 3.36. The molecule has 2 saturated heterocycles. The molecule has 0 aromatic carbocycles. The normalized spacial score (nSPS) is 29.7. The first-order valence-corrected chi connectivity index (χ1v) is 7.12. The number of aliphatic hydroxyl groups excluding tert-OH is 1. The van der Waals surface area contributed by atoms with E-state index in [1.54, 1.807) is 0 Å². The number of nitrogens with one attached hydrogen (secondary N) is 2. The van der Waals surface area contributed by atoms with Crippen molar-refractivity contribution in [2.24, 2.45) is 0 Å². The average molecular weight is 255 g/mol. The van der Waals surface area contributed by atoms with Gasteiger partial charge in [-0.2, -0.15) is 0 Å². The van der Waals surface area contributed by atoms with Crippen LogP contribution >= 0.6 is 0 Å². The summed E-state index contributed by atoms with van der Waals surface area (Å²) in [6.45, 7) is 4.33. The molecule has 3 atom stereocenters. The Morgan fingerprint density at radius 2 is 2.22 bits per heavy atom. The van der Waals surface area contributed by atoms with Crippen molar-refractivity contribution in [3.8, 4) is 0 Å². The summed E-state index contributed by atoms with van der Waals surface area (Å²) >= 11 is 0. The highest BCUT2D eigenvalue weighted by atomic mass is 16.3. The monoisotopic (exact) mass is 255 g/mol. The first-order valence-electron chi connectivity index (χ1n) is 7.12. The largest absolute Gasteiger partial charge is 0.396 e. The smallest absolute Gasteiger partial charge is 0.315 e. The van der Waals surface area contributed by atoms with Gasteiger partial charge in [0.25, 0.3) is 0 Å². The Bertz CT molecular complexity index is 285. The third-order valence-corrected chi connectivity index (χ3v) is 4.11. The second-order valence-corrected chi connectivity index (χ2v) is 5.53. The van der Waals surface area contributed by atoms with Crippen LogP contribution < -0.4 is 10.6 Å². The first kappa shape index (κ1) is 13.6. The predicted molar refractivity (Wildman–Crippen MR) is 70.4 cm³/mol. The van der Waals surface area contributed by atoms with Gasteiger partial charge in [0.15, 0.2) is 0 Å². The highest BCUT2D eigenvalue weighted by molar-refractivity contribution is 5.74. The maximum Gasteiger partial charge on any atom is 0.315 e. The molecule has 5 nitrogen and oxygen atoms in total. The maximum absolute atomic E-state index is 11.8. The van der Waals surface area contributed by atoms with Crippen molar-refractivity contribution in [2.75, 3.05) is 19.7 Å². The minimum Gasteiger partial charge on any atom is -0.396 e.